The number of carbonyl (C=O) groups is 1. The third-order valence-electron chi connectivity index (χ3n) is 7.56. The highest BCUT2D eigenvalue weighted by Crippen LogP contribution is 2.32. The Morgan fingerprint density at radius 1 is 0.950 bits per heavy atom. The maximum atomic E-state index is 13.4. The van der Waals surface area contributed by atoms with Gasteiger partial charge in [0.2, 0.25) is 5.91 Å². The van der Waals surface area contributed by atoms with E-state index >= 15 is 0 Å². The number of hydrogen-bond acceptors (Lipinski definition) is 5. The molecule has 0 aliphatic carbocycles. The van der Waals surface area contributed by atoms with Crippen LogP contribution in [-0.2, 0) is 22.4 Å². The lowest BCUT2D eigenvalue weighted by Gasteiger charge is -2.26. The van der Waals surface area contributed by atoms with Crippen LogP contribution in [0.1, 0.15) is 64.5 Å². The highest BCUT2D eigenvalue weighted by molar-refractivity contribution is 5.78. The minimum absolute atomic E-state index is 0.0536. The van der Waals surface area contributed by atoms with Crippen LogP contribution in [0.3, 0.4) is 0 Å². The second-order valence-electron chi connectivity index (χ2n) is 11.4. The van der Waals surface area contributed by atoms with Gasteiger partial charge in [-0.15, -0.1) is 0 Å². The van der Waals surface area contributed by atoms with Crippen molar-refractivity contribution in [3.05, 3.63) is 59.4 Å². The van der Waals surface area contributed by atoms with Gasteiger partial charge < -0.3 is 24.6 Å². The second-order valence-corrected chi connectivity index (χ2v) is 11.4. The molecule has 0 aliphatic heterocycles. The van der Waals surface area contributed by atoms with E-state index in [9.17, 15) is 14.3 Å². The normalized spacial score (nSPS) is 13.8. The Morgan fingerprint density at radius 3 is 2.38 bits per heavy atom. The standard InChI is InChI=1S/C33H50FNO5/c1-23(2)27(19-26-11-14-31(39-6)32(21-26)40-18-8-17-38-5)12-13-29(36)22-30(24(3)4)33(37)35-16-15-25-9-7-10-28(34)20-25/h7,9-11,14,20-21,23-24,27,29-30,36H,8,12-13,15-19,22H2,1-6H3,(H,35,37)/t27?,29-,30?/m1/s1. The van der Waals surface area contributed by atoms with Crippen LogP contribution in [0.25, 0.3) is 0 Å². The van der Waals surface area contributed by atoms with Gasteiger partial charge in [0.05, 0.1) is 19.8 Å². The summed E-state index contributed by atoms with van der Waals surface area (Å²) in [6.07, 6.45) is 3.61. The maximum Gasteiger partial charge on any atom is 0.223 e. The minimum Gasteiger partial charge on any atom is -0.493 e. The predicted octanol–water partition coefficient (Wildman–Crippen LogP) is 6.23. The van der Waals surface area contributed by atoms with Gasteiger partial charge in [-0.2, -0.15) is 0 Å². The zero-order chi connectivity index (χ0) is 29.5. The van der Waals surface area contributed by atoms with Crippen molar-refractivity contribution in [2.45, 2.75) is 72.3 Å². The number of amides is 1. The predicted molar refractivity (Wildman–Crippen MR) is 158 cm³/mol. The molecule has 2 rings (SSSR count). The fourth-order valence-corrected chi connectivity index (χ4v) is 4.97. The maximum absolute atomic E-state index is 13.4. The lowest BCUT2D eigenvalue weighted by Crippen LogP contribution is -2.36. The molecule has 0 spiro atoms. The molecule has 0 radical (unpaired) electrons. The molecule has 0 bridgehead atoms. The number of benzene rings is 2. The van der Waals surface area contributed by atoms with Crippen LogP contribution >= 0.6 is 0 Å². The Morgan fingerprint density at radius 2 is 1.73 bits per heavy atom. The molecule has 2 unspecified atom stereocenters. The quantitative estimate of drug-likeness (QED) is 0.200. The van der Waals surface area contributed by atoms with Gasteiger partial charge in [-0.05, 0) is 85.3 Å². The SMILES string of the molecule is COCCCOc1cc(CC(CC[C@@H](O)CC(C(=O)NCCc2cccc(F)c2)C(C)C)C(C)C)ccc1OC. The fraction of sp³-hybridized carbons (Fsp3) is 0.606. The molecule has 0 aliphatic rings. The molecule has 0 heterocycles. The van der Waals surface area contributed by atoms with E-state index in [1.165, 1.54) is 17.7 Å². The van der Waals surface area contributed by atoms with Crippen LogP contribution in [0.15, 0.2) is 42.5 Å². The molecule has 0 aromatic heterocycles. The number of ether oxygens (including phenoxy) is 3. The molecule has 40 heavy (non-hydrogen) atoms. The van der Waals surface area contributed by atoms with Crippen LogP contribution in [0.2, 0.25) is 0 Å². The average molecular weight is 560 g/mol. The van der Waals surface area contributed by atoms with Crippen molar-refractivity contribution >= 4 is 5.91 Å². The fourth-order valence-electron chi connectivity index (χ4n) is 4.97. The zero-order valence-corrected chi connectivity index (χ0v) is 25.3. The topological polar surface area (TPSA) is 77.0 Å². The molecule has 7 heteroatoms. The highest BCUT2D eigenvalue weighted by Gasteiger charge is 2.26. The van der Waals surface area contributed by atoms with E-state index in [4.69, 9.17) is 14.2 Å². The number of nitrogens with one attached hydrogen (secondary N) is 1. The molecular formula is C33H50FNO5. The van der Waals surface area contributed by atoms with Crippen molar-refractivity contribution in [1.29, 1.82) is 0 Å². The number of rotatable bonds is 19. The van der Waals surface area contributed by atoms with E-state index < -0.39 is 6.10 Å². The summed E-state index contributed by atoms with van der Waals surface area (Å²) in [5.41, 5.74) is 2.02. The highest BCUT2D eigenvalue weighted by atomic mass is 19.1. The Hall–Kier alpha value is -2.64. The summed E-state index contributed by atoms with van der Waals surface area (Å²) < 4.78 is 30.0. The van der Waals surface area contributed by atoms with Crippen LogP contribution in [-0.4, -0.2) is 51.1 Å². The number of methoxy groups -OCH3 is 2. The molecule has 1 amide bonds. The van der Waals surface area contributed by atoms with Gasteiger partial charge in [0.1, 0.15) is 5.82 Å². The van der Waals surface area contributed by atoms with Crippen molar-refractivity contribution < 1.29 is 28.5 Å². The molecule has 0 saturated heterocycles. The Labute approximate surface area is 240 Å². The molecule has 0 fully saturated rings. The van der Waals surface area contributed by atoms with Gasteiger partial charge in [0, 0.05) is 32.6 Å². The van der Waals surface area contributed by atoms with Crippen molar-refractivity contribution in [3.8, 4) is 11.5 Å². The van der Waals surface area contributed by atoms with Gasteiger partial charge in [-0.3, -0.25) is 4.79 Å². The summed E-state index contributed by atoms with van der Waals surface area (Å²) in [6.45, 7) is 10.1. The first-order chi connectivity index (χ1) is 19.1. The molecule has 2 aromatic carbocycles. The lowest BCUT2D eigenvalue weighted by molar-refractivity contribution is -0.127. The Balaban J connectivity index is 1.91. The van der Waals surface area contributed by atoms with Gasteiger partial charge in [-0.25, -0.2) is 4.39 Å². The Kier molecular flexibility index (Phi) is 15.0. The van der Waals surface area contributed by atoms with E-state index in [1.54, 1.807) is 20.3 Å². The van der Waals surface area contributed by atoms with Crippen molar-refractivity contribution in [3.63, 3.8) is 0 Å². The molecule has 6 nitrogen and oxygen atoms in total. The van der Waals surface area contributed by atoms with E-state index in [0.29, 0.717) is 56.6 Å². The molecule has 3 atom stereocenters. The molecule has 2 N–H and O–H groups in total. The number of aliphatic hydroxyl groups is 1. The van der Waals surface area contributed by atoms with Crippen LogP contribution < -0.4 is 14.8 Å². The molecular weight excluding hydrogens is 509 g/mol. The number of aliphatic hydroxyl groups excluding tert-OH is 1. The van der Waals surface area contributed by atoms with Crippen LogP contribution in [0, 0.1) is 29.5 Å². The third-order valence-corrected chi connectivity index (χ3v) is 7.56. The van der Waals surface area contributed by atoms with Crippen LogP contribution in [0.4, 0.5) is 4.39 Å². The summed E-state index contributed by atoms with van der Waals surface area (Å²) in [5, 5.41) is 13.9. The molecule has 224 valence electrons. The van der Waals surface area contributed by atoms with Crippen molar-refractivity contribution in [2.24, 2.45) is 23.7 Å². The smallest absolute Gasteiger partial charge is 0.223 e. The van der Waals surface area contributed by atoms with E-state index in [0.717, 1.165) is 30.6 Å². The number of halogens is 1. The largest absolute Gasteiger partial charge is 0.493 e. The first kappa shape index (κ1) is 33.6. The first-order valence-corrected chi connectivity index (χ1v) is 14.6. The second kappa shape index (κ2) is 17.9. The minimum atomic E-state index is -0.557. The summed E-state index contributed by atoms with van der Waals surface area (Å²) in [7, 11) is 3.32. The summed E-state index contributed by atoms with van der Waals surface area (Å²) in [5.74, 6) is 1.76. The van der Waals surface area contributed by atoms with E-state index in [1.807, 2.05) is 26.0 Å². The average Bonchev–Trinajstić information content (AvgIpc) is 2.91. The van der Waals surface area contributed by atoms with Crippen LogP contribution in [0.5, 0.6) is 11.5 Å². The van der Waals surface area contributed by atoms with E-state index in [-0.39, 0.29) is 23.6 Å². The lowest BCUT2D eigenvalue weighted by atomic mass is 9.82. The Bertz CT molecular complexity index is 1010. The van der Waals surface area contributed by atoms with E-state index in [2.05, 4.69) is 31.3 Å². The van der Waals surface area contributed by atoms with Crippen molar-refractivity contribution in [1.82, 2.24) is 5.32 Å². The monoisotopic (exact) mass is 559 g/mol. The van der Waals surface area contributed by atoms with Gasteiger partial charge in [0.15, 0.2) is 11.5 Å². The summed E-state index contributed by atoms with van der Waals surface area (Å²) in [6, 6.07) is 12.5. The van der Waals surface area contributed by atoms with Gasteiger partial charge >= 0.3 is 0 Å². The summed E-state index contributed by atoms with van der Waals surface area (Å²) in [4.78, 5) is 12.9. The molecule has 2 aromatic rings. The van der Waals surface area contributed by atoms with Crippen molar-refractivity contribution in [2.75, 3.05) is 34.0 Å². The molecule has 0 saturated carbocycles. The zero-order valence-electron chi connectivity index (χ0n) is 25.3. The number of carbonyl (C=O) groups excluding carboxylic acids is 1. The third kappa shape index (κ3) is 11.8. The van der Waals surface area contributed by atoms with Gasteiger partial charge in [0.25, 0.3) is 0 Å². The first-order valence-electron chi connectivity index (χ1n) is 14.6. The van der Waals surface area contributed by atoms with Gasteiger partial charge in [-0.1, -0.05) is 45.9 Å². The summed E-state index contributed by atoms with van der Waals surface area (Å²) >= 11 is 0. The number of hydrogen-bond donors (Lipinski definition) is 2.